The minimum Gasteiger partial charge on any atom is -0.335 e. The molecule has 3 heteroatoms. The molecule has 74 valence electrons. The van der Waals surface area contributed by atoms with Gasteiger partial charge in [-0.1, -0.05) is 19.3 Å². The van der Waals surface area contributed by atoms with Crippen LogP contribution >= 0.6 is 0 Å². The van der Waals surface area contributed by atoms with Gasteiger partial charge in [-0.25, -0.2) is 4.79 Å². The summed E-state index contributed by atoms with van der Waals surface area (Å²) in [4.78, 5) is 11.3. The molecule has 2 saturated carbocycles. The fourth-order valence-corrected chi connectivity index (χ4v) is 1.89. The van der Waals surface area contributed by atoms with E-state index in [0.717, 1.165) is 25.7 Å². The van der Waals surface area contributed by atoms with Gasteiger partial charge in [0.1, 0.15) is 0 Å². The van der Waals surface area contributed by atoms with Crippen LogP contribution in [0, 0.1) is 0 Å². The molecule has 2 aliphatic carbocycles. The largest absolute Gasteiger partial charge is 0.335 e. The van der Waals surface area contributed by atoms with Crippen LogP contribution in [0.25, 0.3) is 0 Å². The Hall–Kier alpha value is -0.730. The van der Waals surface area contributed by atoms with E-state index in [1.54, 1.807) is 0 Å². The summed E-state index contributed by atoms with van der Waals surface area (Å²) in [6.07, 6.45) is 8.54. The van der Waals surface area contributed by atoms with Crippen molar-refractivity contribution < 1.29 is 4.79 Å². The average molecular weight is 182 g/mol. The first-order valence-electron chi connectivity index (χ1n) is 5.41. The number of carbonyl (C=O) groups is 1. The van der Waals surface area contributed by atoms with Crippen molar-refractivity contribution in [1.29, 1.82) is 0 Å². The first kappa shape index (κ1) is 8.85. The monoisotopic (exact) mass is 182 g/mol. The van der Waals surface area contributed by atoms with Crippen molar-refractivity contribution in [2.24, 2.45) is 0 Å². The van der Waals surface area contributed by atoms with E-state index >= 15 is 0 Å². The Kier molecular flexibility index (Phi) is 2.71. The van der Waals surface area contributed by atoms with E-state index < -0.39 is 0 Å². The van der Waals surface area contributed by atoms with E-state index in [2.05, 4.69) is 10.6 Å². The van der Waals surface area contributed by atoms with Crippen LogP contribution in [0.15, 0.2) is 0 Å². The molecule has 2 aliphatic rings. The lowest BCUT2D eigenvalue weighted by Gasteiger charge is -2.22. The van der Waals surface area contributed by atoms with Gasteiger partial charge in [0.15, 0.2) is 0 Å². The van der Waals surface area contributed by atoms with Crippen molar-refractivity contribution in [1.82, 2.24) is 10.6 Å². The van der Waals surface area contributed by atoms with Gasteiger partial charge in [0, 0.05) is 12.1 Å². The first-order valence-corrected chi connectivity index (χ1v) is 5.41. The molecule has 0 heterocycles. The van der Waals surface area contributed by atoms with Crippen LogP contribution < -0.4 is 10.6 Å². The van der Waals surface area contributed by atoms with E-state index in [0.29, 0.717) is 12.1 Å². The van der Waals surface area contributed by atoms with E-state index in [9.17, 15) is 4.79 Å². The van der Waals surface area contributed by atoms with Crippen LogP contribution in [-0.2, 0) is 0 Å². The van der Waals surface area contributed by atoms with Gasteiger partial charge in [0.05, 0.1) is 0 Å². The van der Waals surface area contributed by atoms with Crippen LogP contribution in [0.1, 0.15) is 44.9 Å². The smallest absolute Gasteiger partial charge is 0.315 e. The number of carbonyl (C=O) groups excluding carboxylic acids is 1. The Morgan fingerprint density at radius 1 is 0.846 bits per heavy atom. The molecule has 0 spiro atoms. The summed E-state index contributed by atoms with van der Waals surface area (Å²) in [7, 11) is 0. The maximum absolute atomic E-state index is 11.3. The third kappa shape index (κ3) is 2.90. The fourth-order valence-electron chi connectivity index (χ4n) is 1.89. The molecule has 0 radical (unpaired) electrons. The zero-order valence-corrected chi connectivity index (χ0v) is 8.01. The van der Waals surface area contributed by atoms with Crippen molar-refractivity contribution in [3.63, 3.8) is 0 Å². The Balaban J connectivity index is 1.66. The van der Waals surface area contributed by atoms with Crippen LogP contribution in [0.3, 0.4) is 0 Å². The molecular formula is C10H18N2O. The first-order chi connectivity index (χ1) is 6.34. The number of hydrogen-bond acceptors (Lipinski definition) is 1. The third-order valence-electron chi connectivity index (χ3n) is 2.85. The minimum atomic E-state index is 0.0504. The van der Waals surface area contributed by atoms with Gasteiger partial charge in [-0.3, -0.25) is 0 Å². The van der Waals surface area contributed by atoms with Gasteiger partial charge in [-0.2, -0.15) is 0 Å². The second-order valence-corrected chi connectivity index (χ2v) is 4.23. The van der Waals surface area contributed by atoms with E-state index in [-0.39, 0.29) is 6.03 Å². The summed E-state index contributed by atoms with van der Waals surface area (Å²) in [6.45, 7) is 0. The van der Waals surface area contributed by atoms with Crippen molar-refractivity contribution >= 4 is 6.03 Å². The molecule has 3 nitrogen and oxygen atoms in total. The summed E-state index contributed by atoms with van der Waals surface area (Å²) in [5, 5.41) is 5.99. The highest BCUT2D eigenvalue weighted by atomic mass is 16.2. The van der Waals surface area contributed by atoms with E-state index in [4.69, 9.17) is 0 Å². The Labute approximate surface area is 79.3 Å². The lowest BCUT2D eigenvalue weighted by atomic mass is 9.96. The van der Waals surface area contributed by atoms with E-state index in [1.165, 1.54) is 19.3 Å². The van der Waals surface area contributed by atoms with Crippen molar-refractivity contribution in [3.05, 3.63) is 0 Å². The molecule has 0 aromatic carbocycles. The summed E-state index contributed by atoms with van der Waals surface area (Å²) in [6, 6.07) is 0.963. The molecule has 0 saturated heterocycles. The second kappa shape index (κ2) is 3.99. The Morgan fingerprint density at radius 3 is 1.92 bits per heavy atom. The molecule has 2 fully saturated rings. The zero-order valence-electron chi connectivity index (χ0n) is 8.01. The van der Waals surface area contributed by atoms with Gasteiger partial charge < -0.3 is 10.6 Å². The highest BCUT2D eigenvalue weighted by Gasteiger charge is 2.24. The number of nitrogens with one attached hydrogen (secondary N) is 2. The Bertz CT molecular complexity index is 183. The molecule has 0 bridgehead atoms. The SMILES string of the molecule is O=C(NC1CCCCC1)NC1CC1. The molecule has 2 amide bonds. The maximum atomic E-state index is 11.3. The van der Waals surface area contributed by atoms with Crippen LogP contribution in [0.5, 0.6) is 0 Å². The third-order valence-corrected chi connectivity index (χ3v) is 2.85. The van der Waals surface area contributed by atoms with Crippen LogP contribution in [-0.4, -0.2) is 18.1 Å². The predicted octanol–water partition coefficient (Wildman–Crippen LogP) is 1.78. The second-order valence-electron chi connectivity index (χ2n) is 4.23. The van der Waals surface area contributed by atoms with Crippen LogP contribution in [0.2, 0.25) is 0 Å². The van der Waals surface area contributed by atoms with Gasteiger partial charge in [-0.15, -0.1) is 0 Å². The van der Waals surface area contributed by atoms with Crippen molar-refractivity contribution in [2.45, 2.75) is 57.0 Å². The molecule has 2 N–H and O–H groups in total. The summed E-state index contributed by atoms with van der Waals surface area (Å²) < 4.78 is 0. The summed E-state index contributed by atoms with van der Waals surface area (Å²) in [5.74, 6) is 0. The molecule has 0 aliphatic heterocycles. The van der Waals surface area contributed by atoms with Gasteiger partial charge in [-0.05, 0) is 25.7 Å². The molecule has 2 rings (SSSR count). The standard InChI is InChI=1S/C10H18N2O/c13-10(12-9-6-7-9)11-8-4-2-1-3-5-8/h8-9H,1-7H2,(H2,11,12,13). The number of rotatable bonds is 2. The Morgan fingerprint density at radius 2 is 1.38 bits per heavy atom. The molecule has 0 atom stereocenters. The summed E-state index contributed by atoms with van der Waals surface area (Å²) in [5.41, 5.74) is 0. The topological polar surface area (TPSA) is 41.1 Å². The van der Waals surface area contributed by atoms with Crippen LogP contribution in [0.4, 0.5) is 4.79 Å². The molecule has 0 aromatic rings. The molecule has 0 unspecified atom stereocenters. The average Bonchev–Trinajstić information content (AvgIpc) is 2.90. The fraction of sp³-hybridized carbons (Fsp3) is 0.900. The zero-order chi connectivity index (χ0) is 9.10. The normalized spacial score (nSPS) is 24.0. The molecule has 0 aromatic heterocycles. The number of amides is 2. The lowest BCUT2D eigenvalue weighted by Crippen LogP contribution is -2.43. The predicted molar refractivity (Wildman–Crippen MR) is 51.6 cm³/mol. The minimum absolute atomic E-state index is 0.0504. The van der Waals surface area contributed by atoms with Crippen molar-refractivity contribution in [3.8, 4) is 0 Å². The van der Waals surface area contributed by atoms with Crippen molar-refractivity contribution in [2.75, 3.05) is 0 Å². The maximum Gasteiger partial charge on any atom is 0.315 e. The van der Waals surface area contributed by atoms with E-state index in [1.807, 2.05) is 0 Å². The summed E-state index contributed by atoms with van der Waals surface area (Å²) >= 11 is 0. The number of urea groups is 1. The molecular weight excluding hydrogens is 164 g/mol. The highest BCUT2D eigenvalue weighted by Crippen LogP contribution is 2.19. The van der Waals surface area contributed by atoms with Gasteiger partial charge >= 0.3 is 6.03 Å². The highest BCUT2D eigenvalue weighted by molar-refractivity contribution is 5.74. The molecule has 13 heavy (non-hydrogen) atoms. The number of hydrogen-bond donors (Lipinski definition) is 2. The van der Waals surface area contributed by atoms with Gasteiger partial charge in [0.25, 0.3) is 0 Å². The quantitative estimate of drug-likeness (QED) is 0.671. The lowest BCUT2D eigenvalue weighted by molar-refractivity contribution is 0.232. The van der Waals surface area contributed by atoms with Gasteiger partial charge in [0.2, 0.25) is 0 Å².